The van der Waals surface area contributed by atoms with Gasteiger partial charge < -0.3 is 4.90 Å². The molecular formula is C17H22F3N3OS. The summed E-state index contributed by atoms with van der Waals surface area (Å²) in [6, 6.07) is 4.34. The van der Waals surface area contributed by atoms with Crippen LogP contribution < -0.4 is 0 Å². The van der Waals surface area contributed by atoms with Crippen LogP contribution in [0.15, 0.2) is 18.2 Å². The van der Waals surface area contributed by atoms with Crippen molar-refractivity contribution in [3.05, 3.63) is 28.8 Å². The molecule has 0 aliphatic carbocycles. The summed E-state index contributed by atoms with van der Waals surface area (Å²) in [5, 5.41) is 3.91. The number of hydrogen-bond acceptors (Lipinski definition) is 3. The van der Waals surface area contributed by atoms with Crippen molar-refractivity contribution in [3.63, 3.8) is 0 Å². The van der Waals surface area contributed by atoms with Crippen molar-refractivity contribution in [1.82, 2.24) is 14.7 Å². The summed E-state index contributed by atoms with van der Waals surface area (Å²) < 4.78 is 39.3. The normalized spacial score (nSPS) is 14.9. The van der Waals surface area contributed by atoms with E-state index in [-0.39, 0.29) is 11.6 Å². The molecule has 1 aliphatic heterocycles. The molecule has 2 aromatic heterocycles. The van der Waals surface area contributed by atoms with Crippen LogP contribution in [0, 0.1) is 0 Å². The van der Waals surface area contributed by atoms with Crippen molar-refractivity contribution in [2.75, 3.05) is 13.1 Å². The minimum atomic E-state index is -4.44. The van der Waals surface area contributed by atoms with E-state index < -0.39 is 11.9 Å². The number of aromatic nitrogens is 2. The number of aryl methyl sites for hydroxylation is 1. The molecule has 0 bridgehead atoms. The molecule has 3 rings (SSSR count). The van der Waals surface area contributed by atoms with Crippen molar-refractivity contribution < 1.29 is 18.0 Å². The summed E-state index contributed by atoms with van der Waals surface area (Å²) in [7, 11) is 1.26. The minimum Gasteiger partial charge on any atom is -0.338 e. The molecule has 0 spiro atoms. The molecular weight excluding hydrogens is 351 g/mol. The van der Waals surface area contributed by atoms with Gasteiger partial charge >= 0.3 is 6.18 Å². The monoisotopic (exact) mass is 373 g/mol. The number of piperidine rings is 1. The van der Waals surface area contributed by atoms with E-state index in [4.69, 9.17) is 0 Å². The van der Waals surface area contributed by atoms with Gasteiger partial charge in [-0.2, -0.15) is 18.3 Å². The quantitative estimate of drug-likeness (QED) is 0.757. The third-order valence-electron chi connectivity index (χ3n) is 3.88. The second-order valence-corrected chi connectivity index (χ2v) is 6.64. The zero-order valence-electron chi connectivity index (χ0n) is 14.6. The van der Waals surface area contributed by atoms with Gasteiger partial charge in [-0.1, -0.05) is 13.8 Å². The van der Waals surface area contributed by atoms with Crippen molar-refractivity contribution in [1.29, 1.82) is 0 Å². The summed E-state index contributed by atoms with van der Waals surface area (Å²) in [5.41, 5.74) is -0.563. The first-order valence-electron chi connectivity index (χ1n) is 8.37. The standard InChI is InChI=1S/C15H16F3N3OS.C2H6/c1-20-13(15(16,17)18)9-10(19-20)11-5-6-12(23-11)14(22)21-7-3-2-4-8-21;1-2/h5-6,9H,2-4,7-8H2,1H3;1-2H3. The van der Waals surface area contributed by atoms with Crippen molar-refractivity contribution in [2.24, 2.45) is 7.05 Å². The van der Waals surface area contributed by atoms with Gasteiger partial charge in [0, 0.05) is 20.1 Å². The van der Waals surface area contributed by atoms with Crippen molar-refractivity contribution >= 4 is 17.2 Å². The van der Waals surface area contributed by atoms with Crippen LogP contribution in [0.4, 0.5) is 13.2 Å². The van der Waals surface area contributed by atoms with Crippen LogP contribution in [0.1, 0.15) is 48.5 Å². The lowest BCUT2D eigenvalue weighted by atomic mass is 10.1. The molecule has 2 aromatic rings. The predicted molar refractivity (Wildman–Crippen MR) is 92.6 cm³/mol. The maximum Gasteiger partial charge on any atom is 0.433 e. The lowest BCUT2D eigenvalue weighted by molar-refractivity contribution is -0.143. The molecule has 1 amide bonds. The largest absolute Gasteiger partial charge is 0.433 e. The van der Waals surface area contributed by atoms with Crippen LogP contribution in [0.5, 0.6) is 0 Å². The number of amides is 1. The number of carbonyl (C=O) groups is 1. The molecule has 4 nitrogen and oxygen atoms in total. The Morgan fingerprint density at radius 1 is 1.16 bits per heavy atom. The second-order valence-electron chi connectivity index (χ2n) is 5.55. The van der Waals surface area contributed by atoms with E-state index in [1.54, 1.807) is 17.0 Å². The molecule has 0 radical (unpaired) electrons. The first-order chi connectivity index (χ1) is 11.9. The fourth-order valence-electron chi connectivity index (χ4n) is 2.70. The number of thiophene rings is 1. The number of rotatable bonds is 2. The van der Waals surface area contributed by atoms with E-state index in [1.807, 2.05) is 13.8 Å². The third kappa shape index (κ3) is 4.42. The Bertz CT molecular complexity index is 715. The van der Waals surface area contributed by atoms with E-state index in [0.29, 0.717) is 9.75 Å². The van der Waals surface area contributed by atoms with E-state index >= 15 is 0 Å². The van der Waals surface area contributed by atoms with Gasteiger partial charge in [-0.15, -0.1) is 11.3 Å². The maximum atomic E-state index is 12.8. The number of alkyl halides is 3. The molecule has 0 aromatic carbocycles. The molecule has 138 valence electrons. The summed E-state index contributed by atoms with van der Waals surface area (Å²) >= 11 is 1.19. The van der Waals surface area contributed by atoms with E-state index in [0.717, 1.165) is 43.1 Å². The molecule has 0 N–H and O–H groups in total. The molecule has 1 saturated heterocycles. The average molecular weight is 373 g/mol. The van der Waals surface area contributed by atoms with Crippen LogP contribution in [0.3, 0.4) is 0 Å². The van der Waals surface area contributed by atoms with Gasteiger partial charge in [-0.05, 0) is 37.5 Å². The first kappa shape index (κ1) is 19.5. The number of carbonyl (C=O) groups excluding carboxylic acids is 1. The van der Waals surface area contributed by atoms with Gasteiger partial charge in [0.25, 0.3) is 5.91 Å². The van der Waals surface area contributed by atoms with E-state index in [9.17, 15) is 18.0 Å². The summed E-state index contributed by atoms with van der Waals surface area (Å²) in [5.74, 6) is -0.0482. The number of halogens is 3. The number of hydrogen-bond donors (Lipinski definition) is 0. The third-order valence-corrected chi connectivity index (χ3v) is 4.98. The Hall–Kier alpha value is -1.83. The van der Waals surface area contributed by atoms with Gasteiger partial charge in [-0.3, -0.25) is 9.48 Å². The number of likely N-dealkylation sites (tertiary alicyclic amines) is 1. The maximum absolute atomic E-state index is 12.8. The molecule has 3 heterocycles. The topological polar surface area (TPSA) is 38.1 Å². The Morgan fingerprint density at radius 3 is 2.36 bits per heavy atom. The molecule has 1 aliphatic rings. The Balaban J connectivity index is 0.00000109. The highest BCUT2D eigenvalue weighted by molar-refractivity contribution is 7.17. The zero-order chi connectivity index (χ0) is 18.6. The molecule has 0 saturated carbocycles. The Labute approximate surface area is 149 Å². The fourth-order valence-corrected chi connectivity index (χ4v) is 3.63. The predicted octanol–water partition coefficient (Wildman–Crippen LogP) is 4.82. The van der Waals surface area contributed by atoms with Gasteiger partial charge in [0.15, 0.2) is 0 Å². The Morgan fingerprint density at radius 2 is 1.80 bits per heavy atom. The highest BCUT2D eigenvalue weighted by Gasteiger charge is 2.35. The zero-order valence-corrected chi connectivity index (χ0v) is 15.4. The average Bonchev–Trinajstić information content (AvgIpc) is 3.23. The molecule has 0 unspecified atom stereocenters. The van der Waals surface area contributed by atoms with Crippen LogP contribution in [0.2, 0.25) is 0 Å². The summed E-state index contributed by atoms with van der Waals surface area (Å²) in [6.07, 6.45) is -1.31. The first-order valence-corrected chi connectivity index (χ1v) is 9.18. The van der Waals surface area contributed by atoms with Crippen molar-refractivity contribution in [2.45, 2.75) is 39.3 Å². The fraction of sp³-hybridized carbons (Fsp3) is 0.529. The SMILES string of the molecule is CC.Cn1nc(-c2ccc(C(=O)N3CCCCC3)s2)cc1C(F)(F)F. The van der Waals surface area contributed by atoms with Crippen molar-refractivity contribution in [3.8, 4) is 10.6 Å². The molecule has 25 heavy (non-hydrogen) atoms. The lowest BCUT2D eigenvalue weighted by Gasteiger charge is -2.26. The Kier molecular flexibility index (Phi) is 6.26. The highest BCUT2D eigenvalue weighted by Crippen LogP contribution is 2.34. The second kappa shape index (κ2) is 8.03. The van der Waals surface area contributed by atoms with Gasteiger partial charge in [0.2, 0.25) is 0 Å². The molecule has 1 fully saturated rings. The minimum absolute atomic E-state index is 0.0482. The molecule has 0 atom stereocenters. The van der Waals surface area contributed by atoms with Gasteiger partial charge in [0.1, 0.15) is 11.4 Å². The van der Waals surface area contributed by atoms with Crippen LogP contribution in [-0.4, -0.2) is 33.7 Å². The van der Waals surface area contributed by atoms with Crippen LogP contribution in [-0.2, 0) is 13.2 Å². The van der Waals surface area contributed by atoms with Crippen LogP contribution in [0.25, 0.3) is 10.6 Å². The molecule has 8 heteroatoms. The van der Waals surface area contributed by atoms with Gasteiger partial charge in [0.05, 0.1) is 9.75 Å². The summed E-state index contributed by atoms with van der Waals surface area (Å²) in [4.78, 5) is 15.3. The number of nitrogens with zero attached hydrogens (tertiary/aromatic N) is 3. The van der Waals surface area contributed by atoms with E-state index in [1.165, 1.54) is 18.4 Å². The highest BCUT2D eigenvalue weighted by atomic mass is 32.1. The van der Waals surface area contributed by atoms with Gasteiger partial charge in [-0.25, -0.2) is 0 Å². The smallest absolute Gasteiger partial charge is 0.338 e. The summed E-state index contributed by atoms with van der Waals surface area (Å²) in [6.45, 7) is 5.49. The van der Waals surface area contributed by atoms with E-state index in [2.05, 4.69) is 5.10 Å². The van der Waals surface area contributed by atoms with Crippen LogP contribution >= 0.6 is 11.3 Å². The lowest BCUT2D eigenvalue weighted by Crippen LogP contribution is -2.35.